The molecular formula is C21H18FN5O. The standard InChI is InChI=1S/C21H18FN5O/c1-13-18(19-12-24-27-20(19)14-3-5-15(22)6-4-14)11-23-21(25-13)26-16-7-9-17(28-2)10-8-16/h3-12H,1-2H3,(H,24,27)(H,23,25,26). The number of rotatable bonds is 5. The highest BCUT2D eigenvalue weighted by Gasteiger charge is 2.14. The molecule has 2 heterocycles. The van der Waals surface area contributed by atoms with Gasteiger partial charge in [0, 0.05) is 28.6 Å². The molecule has 2 aromatic carbocycles. The van der Waals surface area contributed by atoms with Gasteiger partial charge in [-0.25, -0.2) is 14.4 Å². The Balaban J connectivity index is 1.62. The third kappa shape index (κ3) is 3.55. The first-order valence-electron chi connectivity index (χ1n) is 8.68. The minimum absolute atomic E-state index is 0.279. The van der Waals surface area contributed by atoms with Crippen molar-refractivity contribution in [3.8, 4) is 28.1 Å². The summed E-state index contributed by atoms with van der Waals surface area (Å²) in [6.07, 6.45) is 3.48. The topological polar surface area (TPSA) is 75.7 Å². The highest BCUT2D eigenvalue weighted by molar-refractivity contribution is 5.81. The smallest absolute Gasteiger partial charge is 0.227 e. The van der Waals surface area contributed by atoms with Crippen molar-refractivity contribution in [3.63, 3.8) is 0 Å². The fraction of sp³-hybridized carbons (Fsp3) is 0.0952. The van der Waals surface area contributed by atoms with Gasteiger partial charge in [-0.3, -0.25) is 5.10 Å². The molecule has 0 aliphatic carbocycles. The SMILES string of the molecule is COc1ccc(Nc2ncc(-c3cn[nH]c3-c3ccc(F)cc3)c(C)n2)cc1. The molecule has 0 fully saturated rings. The Morgan fingerprint density at radius 2 is 1.71 bits per heavy atom. The van der Waals surface area contributed by atoms with E-state index in [2.05, 4.69) is 25.5 Å². The molecule has 0 saturated heterocycles. The zero-order valence-corrected chi connectivity index (χ0v) is 15.4. The number of aromatic nitrogens is 4. The summed E-state index contributed by atoms with van der Waals surface area (Å²) >= 11 is 0. The first kappa shape index (κ1) is 17.7. The van der Waals surface area contributed by atoms with Crippen molar-refractivity contribution in [1.29, 1.82) is 0 Å². The number of methoxy groups -OCH3 is 1. The average Bonchev–Trinajstić information content (AvgIpc) is 3.19. The van der Waals surface area contributed by atoms with E-state index in [1.807, 2.05) is 31.2 Å². The van der Waals surface area contributed by atoms with Crippen LogP contribution in [0.1, 0.15) is 5.69 Å². The van der Waals surface area contributed by atoms with Crippen molar-refractivity contribution in [2.75, 3.05) is 12.4 Å². The largest absolute Gasteiger partial charge is 0.497 e. The van der Waals surface area contributed by atoms with Gasteiger partial charge >= 0.3 is 0 Å². The molecule has 28 heavy (non-hydrogen) atoms. The molecule has 6 nitrogen and oxygen atoms in total. The molecule has 0 radical (unpaired) electrons. The summed E-state index contributed by atoms with van der Waals surface area (Å²) in [6, 6.07) is 13.8. The summed E-state index contributed by atoms with van der Waals surface area (Å²) in [5.41, 5.74) is 5.02. The number of aryl methyl sites for hydroxylation is 1. The van der Waals surface area contributed by atoms with Gasteiger partial charge in [0.15, 0.2) is 0 Å². The predicted molar refractivity (Wildman–Crippen MR) is 106 cm³/mol. The van der Waals surface area contributed by atoms with E-state index in [0.29, 0.717) is 5.95 Å². The molecule has 0 aliphatic heterocycles. The van der Waals surface area contributed by atoms with Crippen LogP contribution in [0.5, 0.6) is 5.75 Å². The Kier molecular flexibility index (Phi) is 4.72. The van der Waals surface area contributed by atoms with Crippen molar-refractivity contribution in [2.45, 2.75) is 6.92 Å². The zero-order valence-electron chi connectivity index (χ0n) is 15.4. The van der Waals surface area contributed by atoms with Crippen molar-refractivity contribution in [1.82, 2.24) is 20.2 Å². The molecule has 0 bridgehead atoms. The fourth-order valence-electron chi connectivity index (χ4n) is 2.92. The van der Waals surface area contributed by atoms with Crippen LogP contribution < -0.4 is 10.1 Å². The van der Waals surface area contributed by atoms with Gasteiger partial charge in [0.2, 0.25) is 5.95 Å². The second kappa shape index (κ2) is 7.48. The molecule has 4 rings (SSSR count). The van der Waals surface area contributed by atoms with E-state index in [1.165, 1.54) is 12.1 Å². The molecular weight excluding hydrogens is 357 g/mol. The molecule has 7 heteroatoms. The second-order valence-electron chi connectivity index (χ2n) is 6.21. The summed E-state index contributed by atoms with van der Waals surface area (Å²) in [4.78, 5) is 8.99. The van der Waals surface area contributed by atoms with Crippen LogP contribution in [0.2, 0.25) is 0 Å². The van der Waals surface area contributed by atoms with E-state index in [1.54, 1.807) is 31.6 Å². The molecule has 0 spiro atoms. The number of aromatic amines is 1. The van der Waals surface area contributed by atoms with Gasteiger partial charge in [0.05, 0.1) is 24.7 Å². The maximum Gasteiger partial charge on any atom is 0.227 e. The lowest BCUT2D eigenvalue weighted by atomic mass is 10.0. The van der Waals surface area contributed by atoms with E-state index < -0.39 is 0 Å². The lowest BCUT2D eigenvalue weighted by Gasteiger charge is -2.10. The quantitative estimate of drug-likeness (QED) is 0.527. The number of hydrogen-bond donors (Lipinski definition) is 2. The maximum atomic E-state index is 13.2. The molecule has 0 unspecified atom stereocenters. The number of benzene rings is 2. The van der Waals surface area contributed by atoms with Crippen molar-refractivity contribution in [2.24, 2.45) is 0 Å². The van der Waals surface area contributed by atoms with E-state index in [-0.39, 0.29) is 5.82 Å². The van der Waals surface area contributed by atoms with Crippen LogP contribution in [-0.2, 0) is 0 Å². The minimum atomic E-state index is -0.279. The van der Waals surface area contributed by atoms with Crippen LogP contribution in [0.3, 0.4) is 0 Å². The van der Waals surface area contributed by atoms with Gasteiger partial charge in [0.1, 0.15) is 11.6 Å². The fourth-order valence-corrected chi connectivity index (χ4v) is 2.92. The summed E-state index contributed by atoms with van der Waals surface area (Å²) in [5, 5.41) is 10.3. The summed E-state index contributed by atoms with van der Waals surface area (Å²) < 4.78 is 18.4. The lowest BCUT2D eigenvalue weighted by Crippen LogP contribution is -2.00. The van der Waals surface area contributed by atoms with E-state index in [0.717, 1.165) is 39.5 Å². The summed E-state index contributed by atoms with van der Waals surface area (Å²) in [6.45, 7) is 1.91. The van der Waals surface area contributed by atoms with E-state index in [9.17, 15) is 4.39 Å². The number of nitrogens with one attached hydrogen (secondary N) is 2. The number of ether oxygens (including phenoxy) is 1. The van der Waals surface area contributed by atoms with Gasteiger partial charge in [-0.05, 0) is 55.5 Å². The van der Waals surface area contributed by atoms with Crippen LogP contribution in [0.25, 0.3) is 22.4 Å². The molecule has 140 valence electrons. The number of H-pyrrole nitrogens is 1. The van der Waals surface area contributed by atoms with Crippen LogP contribution in [-0.4, -0.2) is 27.3 Å². The van der Waals surface area contributed by atoms with Crippen LogP contribution in [0.15, 0.2) is 60.9 Å². The lowest BCUT2D eigenvalue weighted by molar-refractivity contribution is 0.415. The molecule has 2 N–H and O–H groups in total. The Hall–Kier alpha value is -3.74. The number of halogens is 1. The van der Waals surface area contributed by atoms with Gasteiger partial charge in [-0.1, -0.05) is 0 Å². The Morgan fingerprint density at radius 3 is 2.39 bits per heavy atom. The highest BCUT2D eigenvalue weighted by Crippen LogP contribution is 2.31. The molecule has 4 aromatic rings. The molecule has 0 atom stereocenters. The van der Waals surface area contributed by atoms with Crippen LogP contribution in [0.4, 0.5) is 16.0 Å². The average molecular weight is 375 g/mol. The van der Waals surface area contributed by atoms with E-state index in [4.69, 9.17) is 4.74 Å². The monoisotopic (exact) mass is 375 g/mol. The Morgan fingerprint density at radius 1 is 0.964 bits per heavy atom. The third-order valence-corrected chi connectivity index (χ3v) is 4.39. The maximum absolute atomic E-state index is 13.2. The molecule has 0 aliphatic rings. The van der Waals surface area contributed by atoms with Gasteiger partial charge in [-0.2, -0.15) is 5.10 Å². The number of nitrogens with zero attached hydrogens (tertiary/aromatic N) is 3. The van der Waals surface area contributed by atoms with Gasteiger partial charge in [-0.15, -0.1) is 0 Å². The van der Waals surface area contributed by atoms with Crippen LogP contribution in [0, 0.1) is 12.7 Å². The van der Waals surface area contributed by atoms with Gasteiger partial charge in [0.25, 0.3) is 0 Å². The minimum Gasteiger partial charge on any atom is -0.497 e. The molecule has 0 amide bonds. The molecule has 0 saturated carbocycles. The zero-order chi connectivity index (χ0) is 19.5. The summed E-state index contributed by atoms with van der Waals surface area (Å²) in [7, 11) is 1.63. The molecule has 2 aromatic heterocycles. The summed E-state index contributed by atoms with van der Waals surface area (Å²) in [5.74, 6) is 1.00. The first-order chi connectivity index (χ1) is 13.6. The van der Waals surface area contributed by atoms with E-state index >= 15 is 0 Å². The first-order valence-corrected chi connectivity index (χ1v) is 8.68. The third-order valence-electron chi connectivity index (χ3n) is 4.39. The van der Waals surface area contributed by atoms with Crippen molar-refractivity contribution < 1.29 is 9.13 Å². The Labute approximate surface area is 161 Å². The predicted octanol–water partition coefficient (Wildman–Crippen LogP) is 4.73. The van der Waals surface area contributed by atoms with Crippen LogP contribution >= 0.6 is 0 Å². The van der Waals surface area contributed by atoms with Crippen molar-refractivity contribution >= 4 is 11.6 Å². The highest BCUT2D eigenvalue weighted by atomic mass is 19.1. The Bertz CT molecular complexity index is 1090. The van der Waals surface area contributed by atoms with Gasteiger partial charge < -0.3 is 10.1 Å². The number of hydrogen-bond acceptors (Lipinski definition) is 5. The normalized spacial score (nSPS) is 10.7. The second-order valence-corrected chi connectivity index (χ2v) is 6.21. The van der Waals surface area contributed by atoms with Crippen molar-refractivity contribution in [3.05, 3.63) is 72.4 Å². The number of anilines is 2.